The second kappa shape index (κ2) is 12.1. The van der Waals surface area contributed by atoms with E-state index in [0.717, 1.165) is 22.1 Å². The maximum Gasteiger partial charge on any atom is 0.263 e. The molecule has 9 heteroatoms. The smallest absolute Gasteiger partial charge is 0.263 e. The van der Waals surface area contributed by atoms with Gasteiger partial charge in [-0.05, 0) is 83.8 Å². The Morgan fingerprint density at radius 2 is 1.68 bits per heavy atom. The third-order valence-corrected chi connectivity index (χ3v) is 7.96. The number of aryl methyl sites for hydroxylation is 2. The Morgan fingerprint density at radius 1 is 0.932 bits per heavy atom. The molecular formula is C35H28Cl2N4O3. The van der Waals surface area contributed by atoms with Crippen molar-refractivity contribution in [3.8, 4) is 16.9 Å². The maximum absolute atomic E-state index is 12.9. The summed E-state index contributed by atoms with van der Waals surface area (Å²) in [5.41, 5.74) is 3.56. The Kier molecular flexibility index (Phi) is 8.10. The highest BCUT2D eigenvalue weighted by atomic mass is 35.5. The lowest BCUT2D eigenvalue weighted by molar-refractivity contribution is -0.118. The molecule has 7 nitrogen and oxygen atoms in total. The van der Waals surface area contributed by atoms with Gasteiger partial charge in [-0.3, -0.25) is 4.79 Å². The molecule has 0 fully saturated rings. The van der Waals surface area contributed by atoms with Crippen LogP contribution in [-0.2, 0) is 17.4 Å². The largest absolute Gasteiger partial charge is 0.484 e. The van der Waals surface area contributed by atoms with Crippen molar-refractivity contribution in [2.24, 2.45) is 7.05 Å². The number of nitrogens with one attached hydrogen (secondary N) is 1. The second-order valence-corrected chi connectivity index (χ2v) is 11.4. The topological polar surface area (TPSA) is 89.3 Å². The summed E-state index contributed by atoms with van der Waals surface area (Å²) in [6, 6.07) is 29.4. The highest BCUT2D eigenvalue weighted by molar-refractivity contribution is 6.31. The van der Waals surface area contributed by atoms with Crippen molar-refractivity contribution in [3.63, 3.8) is 0 Å². The normalized spacial score (nSPS) is 12.6. The van der Waals surface area contributed by atoms with Gasteiger partial charge in [0.2, 0.25) is 0 Å². The molecule has 0 saturated heterocycles. The molecule has 0 aliphatic rings. The minimum Gasteiger partial charge on any atom is -0.484 e. The minimum absolute atomic E-state index is 0.174. The molecule has 0 aliphatic heterocycles. The van der Waals surface area contributed by atoms with Crippen molar-refractivity contribution in [1.82, 2.24) is 14.5 Å². The van der Waals surface area contributed by atoms with Gasteiger partial charge in [0.05, 0.1) is 23.7 Å². The number of imidazole rings is 1. The monoisotopic (exact) mass is 622 g/mol. The molecule has 1 amide bonds. The molecule has 2 aromatic heterocycles. The van der Waals surface area contributed by atoms with Crippen LogP contribution in [0.2, 0.25) is 10.0 Å². The third kappa shape index (κ3) is 5.90. The number of hydrogen-bond donors (Lipinski definition) is 2. The van der Waals surface area contributed by atoms with Crippen LogP contribution in [0.4, 0.5) is 5.82 Å². The van der Waals surface area contributed by atoms with E-state index in [9.17, 15) is 9.90 Å². The van der Waals surface area contributed by atoms with Crippen molar-refractivity contribution in [1.29, 1.82) is 0 Å². The fourth-order valence-corrected chi connectivity index (χ4v) is 5.55. The van der Waals surface area contributed by atoms with E-state index in [1.807, 2.05) is 74.6 Å². The molecular weight excluding hydrogens is 595 g/mol. The van der Waals surface area contributed by atoms with E-state index in [1.165, 1.54) is 0 Å². The van der Waals surface area contributed by atoms with Crippen LogP contribution in [0.25, 0.3) is 22.0 Å². The zero-order valence-corrected chi connectivity index (χ0v) is 25.5. The molecule has 2 heterocycles. The van der Waals surface area contributed by atoms with E-state index in [0.29, 0.717) is 44.0 Å². The zero-order valence-electron chi connectivity index (χ0n) is 24.0. The summed E-state index contributed by atoms with van der Waals surface area (Å²) in [5.74, 6) is 0.614. The Hall–Kier alpha value is -4.69. The van der Waals surface area contributed by atoms with Crippen LogP contribution in [-0.4, -0.2) is 32.2 Å². The number of benzene rings is 4. The van der Waals surface area contributed by atoms with Crippen molar-refractivity contribution in [3.05, 3.63) is 142 Å². The average Bonchev–Trinajstić information content (AvgIpc) is 3.46. The van der Waals surface area contributed by atoms with E-state index in [2.05, 4.69) is 10.3 Å². The highest BCUT2D eigenvalue weighted by Gasteiger charge is 2.37. The SMILES string of the molecule is Cc1ccc(OCC(=O)Nc2cc(-c3cccc(Cl)c3)c3cc(C(O)(c4ccc(Cl)cc4)c4cncn4C)ccc3n2)cc1. The van der Waals surface area contributed by atoms with Gasteiger partial charge in [-0.15, -0.1) is 0 Å². The van der Waals surface area contributed by atoms with Crippen LogP contribution in [0.1, 0.15) is 22.4 Å². The number of aromatic nitrogens is 3. The van der Waals surface area contributed by atoms with Gasteiger partial charge in [0.25, 0.3) is 5.91 Å². The van der Waals surface area contributed by atoms with Gasteiger partial charge in [-0.1, -0.05) is 71.2 Å². The van der Waals surface area contributed by atoms with Gasteiger partial charge in [-0.2, -0.15) is 0 Å². The molecule has 44 heavy (non-hydrogen) atoms. The lowest BCUT2D eigenvalue weighted by atomic mass is 9.82. The minimum atomic E-state index is -1.56. The third-order valence-electron chi connectivity index (χ3n) is 7.47. The quantitative estimate of drug-likeness (QED) is 0.183. The Balaban J connectivity index is 1.44. The summed E-state index contributed by atoms with van der Waals surface area (Å²) in [7, 11) is 1.83. The fraction of sp³-hybridized carbons (Fsp3) is 0.114. The summed E-state index contributed by atoms with van der Waals surface area (Å²) in [6.45, 7) is 1.81. The molecule has 1 atom stereocenters. The Morgan fingerprint density at radius 3 is 2.39 bits per heavy atom. The van der Waals surface area contributed by atoms with Crippen molar-refractivity contribution >= 4 is 45.8 Å². The van der Waals surface area contributed by atoms with E-state index in [1.54, 1.807) is 53.5 Å². The van der Waals surface area contributed by atoms with Gasteiger partial charge in [0.15, 0.2) is 12.2 Å². The number of halogens is 2. The van der Waals surface area contributed by atoms with Crippen LogP contribution < -0.4 is 10.1 Å². The van der Waals surface area contributed by atoms with Gasteiger partial charge in [-0.25, -0.2) is 9.97 Å². The van der Waals surface area contributed by atoms with Gasteiger partial charge >= 0.3 is 0 Å². The number of ether oxygens (including phenoxy) is 1. The number of aliphatic hydroxyl groups is 1. The number of carbonyl (C=O) groups is 1. The average molecular weight is 624 g/mol. The summed E-state index contributed by atoms with van der Waals surface area (Å²) in [4.78, 5) is 21.9. The summed E-state index contributed by atoms with van der Waals surface area (Å²) < 4.78 is 7.44. The molecule has 0 bridgehead atoms. The number of nitrogens with zero attached hydrogens (tertiary/aromatic N) is 3. The Bertz CT molecular complexity index is 1970. The number of rotatable bonds is 8. The molecule has 0 saturated carbocycles. The molecule has 2 N–H and O–H groups in total. The standard InChI is InChI=1S/C35H28Cl2N4O3/c1-22-6-13-28(14-7-22)44-20-34(42)40-33-18-29(23-4-3-5-27(37)16-23)30-17-25(10-15-31(30)39-33)35(43,32-19-38-21-41(32)2)24-8-11-26(36)12-9-24/h3-19,21,43H,20H2,1-2H3,(H,39,40,42). The molecule has 0 aliphatic carbocycles. The first-order chi connectivity index (χ1) is 21.2. The fourth-order valence-electron chi connectivity index (χ4n) is 5.23. The molecule has 6 rings (SSSR count). The van der Waals surface area contributed by atoms with Crippen LogP contribution in [0, 0.1) is 6.92 Å². The maximum atomic E-state index is 12.9. The number of anilines is 1. The van der Waals surface area contributed by atoms with E-state index in [4.69, 9.17) is 32.9 Å². The van der Waals surface area contributed by atoms with E-state index < -0.39 is 5.60 Å². The van der Waals surface area contributed by atoms with Gasteiger partial charge in [0.1, 0.15) is 11.6 Å². The molecule has 1 unspecified atom stereocenters. The zero-order chi connectivity index (χ0) is 30.8. The first kappa shape index (κ1) is 29.4. The molecule has 4 aromatic carbocycles. The predicted molar refractivity (Wildman–Crippen MR) is 174 cm³/mol. The summed E-state index contributed by atoms with van der Waals surface area (Å²) in [6.07, 6.45) is 3.29. The van der Waals surface area contributed by atoms with Gasteiger partial charge < -0.3 is 19.7 Å². The first-order valence-electron chi connectivity index (χ1n) is 13.9. The van der Waals surface area contributed by atoms with E-state index in [-0.39, 0.29) is 12.5 Å². The van der Waals surface area contributed by atoms with Crippen molar-refractivity contribution in [2.75, 3.05) is 11.9 Å². The van der Waals surface area contributed by atoms with Crippen LogP contribution in [0.15, 0.2) is 110 Å². The first-order valence-corrected chi connectivity index (χ1v) is 14.6. The van der Waals surface area contributed by atoms with Crippen LogP contribution in [0.3, 0.4) is 0 Å². The lowest BCUT2D eigenvalue weighted by Crippen LogP contribution is -2.31. The molecule has 0 radical (unpaired) electrons. The van der Waals surface area contributed by atoms with Crippen molar-refractivity contribution < 1.29 is 14.6 Å². The highest BCUT2D eigenvalue weighted by Crippen LogP contribution is 2.40. The van der Waals surface area contributed by atoms with Crippen molar-refractivity contribution in [2.45, 2.75) is 12.5 Å². The molecule has 6 aromatic rings. The Labute approximate surface area is 264 Å². The second-order valence-electron chi connectivity index (χ2n) is 10.6. The number of carbonyl (C=O) groups excluding carboxylic acids is 1. The number of amides is 1. The van der Waals surface area contributed by atoms with Crippen LogP contribution in [0.5, 0.6) is 5.75 Å². The number of fused-ring (bicyclic) bond motifs is 1. The molecule has 220 valence electrons. The van der Waals surface area contributed by atoms with E-state index >= 15 is 0 Å². The number of pyridine rings is 1. The summed E-state index contributed by atoms with van der Waals surface area (Å²) >= 11 is 12.6. The number of hydrogen-bond acceptors (Lipinski definition) is 5. The predicted octanol–water partition coefficient (Wildman–Crippen LogP) is 7.55. The lowest BCUT2D eigenvalue weighted by Gasteiger charge is -2.30. The van der Waals surface area contributed by atoms with Crippen LogP contribution >= 0.6 is 23.2 Å². The molecule has 0 spiro atoms. The summed E-state index contributed by atoms with van der Waals surface area (Å²) in [5, 5.41) is 17.2. The van der Waals surface area contributed by atoms with Gasteiger partial charge in [0, 0.05) is 22.5 Å².